The van der Waals surface area contributed by atoms with Crippen molar-refractivity contribution in [2.45, 2.75) is 39.3 Å². The number of nitrogens with zero attached hydrogens (tertiary/aromatic N) is 3. The highest BCUT2D eigenvalue weighted by Crippen LogP contribution is 2.52. The summed E-state index contributed by atoms with van der Waals surface area (Å²) in [5.41, 5.74) is 0.229. The van der Waals surface area contributed by atoms with Crippen LogP contribution in [0.4, 0.5) is 16.2 Å². The lowest BCUT2D eigenvalue weighted by atomic mass is 9.66. The minimum absolute atomic E-state index is 0.0543. The Kier molecular flexibility index (Phi) is 5.20. The Hall–Kier alpha value is -3.75. The van der Waals surface area contributed by atoms with Gasteiger partial charge in [-0.2, -0.15) is 0 Å². The molecule has 166 valence electrons. The average Bonchev–Trinajstić information content (AvgIpc) is 2.76. The zero-order valence-corrected chi connectivity index (χ0v) is 18.1. The van der Waals surface area contributed by atoms with Crippen molar-refractivity contribution in [3.8, 4) is 0 Å². The molecule has 1 saturated heterocycles. The van der Waals surface area contributed by atoms with Crippen LogP contribution in [0.15, 0.2) is 48.5 Å². The molecule has 9 nitrogen and oxygen atoms in total. The molecule has 0 saturated carbocycles. The fourth-order valence-corrected chi connectivity index (χ4v) is 4.90. The fraction of sp³-hybridized carbons (Fsp3) is 0.348. The maximum atomic E-state index is 13.9. The second-order valence-electron chi connectivity index (χ2n) is 8.35. The van der Waals surface area contributed by atoms with Gasteiger partial charge in [0.25, 0.3) is 5.69 Å². The zero-order chi connectivity index (χ0) is 23.2. The SMILES string of the molecule is CCN1c2ccc([N+](=O)[O-])cc2C[C@@]2(C(=O)NC(=O)N(C(C)C)C2=O)[C@@H]1c1ccccc1. The molecule has 0 bridgehead atoms. The number of nitrogens with one attached hydrogen (secondary N) is 1. The van der Waals surface area contributed by atoms with Gasteiger partial charge < -0.3 is 4.90 Å². The first-order valence-corrected chi connectivity index (χ1v) is 10.5. The fourth-order valence-electron chi connectivity index (χ4n) is 4.90. The highest BCUT2D eigenvalue weighted by molar-refractivity contribution is 6.20. The minimum Gasteiger partial charge on any atom is -0.363 e. The molecule has 2 aromatic rings. The lowest BCUT2D eigenvalue weighted by Gasteiger charge is -2.52. The van der Waals surface area contributed by atoms with Crippen molar-refractivity contribution in [3.63, 3.8) is 0 Å². The van der Waals surface area contributed by atoms with E-state index in [2.05, 4.69) is 5.32 Å². The van der Waals surface area contributed by atoms with Crippen LogP contribution >= 0.6 is 0 Å². The van der Waals surface area contributed by atoms with Gasteiger partial charge in [0.15, 0.2) is 5.41 Å². The van der Waals surface area contributed by atoms with Gasteiger partial charge in [0.1, 0.15) is 0 Å². The molecular weight excluding hydrogens is 412 g/mol. The summed E-state index contributed by atoms with van der Waals surface area (Å²) in [7, 11) is 0. The van der Waals surface area contributed by atoms with Crippen LogP contribution in [-0.2, 0) is 16.0 Å². The van der Waals surface area contributed by atoms with Gasteiger partial charge in [-0.15, -0.1) is 0 Å². The third kappa shape index (κ3) is 3.04. The van der Waals surface area contributed by atoms with E-state index in [9.17, 15) is 24.5 Å². The van der Waals surface area contributed by atoms with Gasteiger partial charge in [0.05, 0.1) is 11.0 Å². The summed E-state index contributed by atoms with van der Waals surface area (Å²) in [5, 5.41) is 13.8. The summed E-state index contributed by atoms with van der Waals surface area (Å²) in [6.45, 7) is 5.76. The van der Waals surface area contributed by atoms with Crippen LogP contribution in [-0.4, -0.2) is 40.3 Å². The molecular formula is C23H24N4O5. The number of benzene rings is 2. The van der Waals surface area contributed by atoms with Gasteiger partial charge in [-0.25, -0.2) is 4.79 Å². The number of hydrogen-bond donors (Lipinski definition) is 1. The molecule has 4 rings (SSSR count). The number of rotatable bonds is 4. The molecule has 0 radical (unpaired) electrons. The average molecular weight is 436 g/mol. The second kappa shape index (κ2) is 7.74. The maximum absolute atomic E-state index is 13.9. The van der Waals surface area contributed by atoms with Crippen molar-refractivity contribution < 1.29 is 19.3 Å². The highest BCUT2D eigenvalue weighted by atomic mass is 16.6. The van der Waals surface area contributed by atoms with Crippen LogP contribution in [0.5, 0.6) is 0 Å². The van der Waals surface area contributed by atoms with E-state index >= 15 is 0 Å². The molecule has 9 heteroatoms. The smallest absolute Gasteiger partial charge is 0.331 e. The van der Waals surface area contributed by atoms with Crippen LogP contribution < -0.4 is 10.2 Å². The lowest BCUT2D eigenvalue weighted by molar-refractivity contribution is -0.384. The Balaban J connectivity index is 2.01. The number of hydrogen-bond acceptors (Lipinski definition) is 6. The van der Waals surface area contributed by atoms with E-state index in [1.807, 2.05) is 42.2 Å². The van der Waals surface area contributed by atoms with E-state index in [-0.39, 0.29) is 12.1 Å². The summed E-state index contributed by atoms with van der Waals surface area (Å²) in [5.74, 6) is -1.28. The summed E-state index contributed by atoms with van der Waals surface area (Å²) in [6.07, 6.45) is -0.0543. The van der Waals surface area contributed by atoms with Crippen molar-refractivity contribution in [1.82, 2.24) is 10.2 Å². The molecule has 2 aliphatic heterocycles. The molecule has 1 N–H and O–H groups in total. The number of carbonyl (C=O) groups is 3. The molecule has 1 fully saturated rings. The van der Waals surface area contributed by atoms with Gasteiger partial charge in [-0.1, -0.05) is 30.3 Å². The first-order valence-electron chi connectivity index (χ1n) is 10.5. The molecule has 1 spiro atoms. The lowest BCUT2D eigenvalue weighted by Crippen LogP contribution is -2.70. The summed E-state index contributed by atoms with van der Waals surface area (Å²) in [6, 6.07) is 11.8. The van der Waals surface area contributed by atoms with E-state index < -0.39 is 40.3 Å². The normalized spacial score (nSPS) is 22.9. The van der Waals surface area contributed by atoms with Crippen LogP contribution in [0.1, 0.15) is 37.9 Å². The maximum Gasteiger partial charge on any atom is 0.331 e. The minimum atomic E-state index is -1.65. The predicted octanol–water partition coefficient (Wildman–Crippen LogP) is 3.19. The number of nitro groups is 1. The Morgan fingerprint density at radius 3 is 2.44 bits per heavy atom. The number of non-ortho nitro benzene ring substituents is 1. The van der Waals surface area contributed by atoms with Gasteiger partial charge >= 0.3 is 6.03 Å². The third-order valence-corrected chi connectivity index (χ3v) is 6.25. The Labute approximate surface area is 185 Å². The second-order valence-corrected chi connectivity index (χ2v) is 8.35. The molecule has 4 amide bonds. The van der Waals surface area contributed by atoms with Crippen molar-refractivity contribution in [1.29, 1.82) is 0 Å². The summed E-state index contributed by atoms with van der Waals surface area (Å²) < 4.78 is 0. The molecule has 2 aromatic carbocycles. The summed E-state index contributed by atoms with van der Waals surface area (Å²) >= 11 is 0. The van der Waals surface area contributed by atoms with Crippen LogP contribution in [0.25, 0.3) is 0 Å². The largest absolute Gasteiger partial charge is 0.363 e. The number of imide groups is 2. The van der Waals surface area contributed by atoms with Crippen molar-refractivity contribution >= 4 is 29.2 Å². The van der Waals surface area contributed by atoms with E-state index in [1.165, 1.54) is 12.1 Å². The quantitative estimate of drug-likeness (QED) is 0.447. The molecule has 32 heavy (non-hydrogen) atoms. The number of carbonyl (C=O) groups excluding carboxylic acids is 3. The van der Waals surface area contributed by atoms with Gasteiger partial charge in [-0.05, 0) is 38.0 Å². The van der Waals surface area contributed by atoms with E-state index in [4.69, 9.17) is 0 Å². The monoisotopic (exact) mass is 436 g/mol. The standard InChI is InChI=1S/C23H24N4O5/c1-4-25-18-11-10-17(27(31)32)12-16(18)13-23(19(25)15-8-6-5-7-9-15)20(28)24-22(30)26(14(2)3)21(23)29/h5-12,14,19H,4,13H2,1-3H3,(H,24,28,30)/t19-,23-/m0/s1. The topological polar surface area (TPSA) is 113 Å². The van der Waals surface area contributed by atoms with Crippen molar-refractivity contribution in [3.05, 3.63) is 69.8 Å². The highest BCUT2D eigenvalue weighted by Gasteiger charge is 2.62. The molecule has 0 unspecified atom stereocenters. The van der Waals surface area contributed by atoms with Gasteiger partial charge in [0.2, 0.25) is 11.8 Å². The number of nitro benzene ring substituents is 1. The number of amides is 4. The Bertz CT molecular complexity index is 1120. The first kappa shape index (κ1) is 21.5. The molecule has 2 heterocycles. The zero-order valence-electron chi connectivity index (χ0n) is 18.1. The Morgan fingerprint density at radius 2 is 1.84 bits per heavy atom. The van der Waals surface area contributed by atoms with Gasteiger partial charge in [0, 0.05) is 36.8 Å². The van der Waals surface area contributed by atoms with Crippen LogP contribution in [0.3, 0.4) is 0 Å². The molecule has 0 aromatic heterocycles. The number of fused-ring (bicyclic) bond motifs is 1. The number of anilines is 1. The van der Waals surface area contributed by atoms with E-state index in [1.54, 1.807) is 19.9 Å². The van der Waals surface area contributed by atoms with E-state index in [0.717, 1.165) is 16.2 Å². The first-order chi connectivity index (χ1) is 15.2. The van der Waals surface area contributed by atoms with Crippen molar-refractivity contribution in [2.75, 3.05) is 11.4 Å². The number of urea groups is 1. The van der Waals surface area contributed by atoms with Crippen molar-refractivity contribution in [2.24, 2.45) is 5.41 Å². The Morgan fingerprint density at radius 1 is 1.16 bits per heavy atom. The van der Waals surface area contributed by atoms with E-state index in [0.29, 0.717) is 12.1 Å². The molecule has 2 atom stereocenters. The number of barbiturate groups is 1. The molecule has 2 aliphatic rings. The predicted molar refractivity (Wildman–Crippen MR) is 117 cm³/mol. The van der Waals surface area contributed by atoms with Gasteiger partial charge in [-0.3, -0.25) is 29.9 Å². The summed E-state index contributed by atoms with van der Waals surface area (Å²) in [4.78, 5) is 53.8. The van der Waals surface area contributed by atoms with Crippen LogP contribution in [0, 0.1) is 15.5 Å². The van der Waals surface area contributed by atoms with Crippen LogP contribution in [0.2, 0.25) is 0 Å². The third-order valence-electron chi connectivity index (χ3n) is 6.25. The molecule has 0 aliphatic carbocycles.